The molecule has 0 saturated heterocycles. The lowest BCUT2D eigenvalue weighted by atomic mass is 10.1. The van der Waals surface area contributed by atoms with E-state index in [-0.39, 0.29) is 17.7 Å². The lowest BCUT2D eigenvalue weighted by Crippen LogP contribution is -2.28. The molecule has 0 spiro atoms. The Morgan fingerprint density at radius 2 is 1.85 bits per heavy atom. The van der Waals surface area contributed by atoms with Crippen molar-refractivity contribution in [2.75, 3.05) is 25.5 Å². The summed E-state index contributed by atoms with van der Waals surface area (Å²) in [4.78, 5) is 23.3. The van der Waals surface area contributed by atoms with Crippen molar-refractivity contribution >= 4 is 17.5 Å². The number of carbonyl (C=O) groups is 2. The summed E-state index contributed by atoms with van der Waals surface area (Å²) in [5.74, 6) is -0.0993. The third-order valence-corrected chi connectivity index (χ3v) is 2.92. The number of hydrogen-bond donors (Lipinski definition) is 3. The lowest BCUT2D eigenvalue weighted by Gasteiger charge is -2.12. The van der Waals surface area contributed by atoms with E-state index in [0.717, 1.165) is 11.3 Å². The number of nitrogens with one attached hydrogen (secondary N) is 3. The minimum absolute atomic E-state index is 0.00641. The molecule has 0 aliphatic rings. The predicted molar refractivity (Wildman–Crippen MR) is 80.6 cm³/mol. The minimum Gasteiger partial charge on any atom is -0.356 e. The highest BCUT2D eigenvalue weighted by atomic mass is 16.2. The van der Waals surface area contributed by atoms with E-state index < -0.39 is 0 Å². The number of likely N-dealkylation sites (N-methyl/N-ethyl adjacent to an activating group) is 1. The van der Waals surface area contributed by atoms with Crippen LogP contribution < -0.4 is 16.0 Å². The van der Waals surface area contributed by atoms with Gasteiger partial charge in [0.25, 0.3) is 0 Å². The maximum absolute atomic E-state index is 11.8. The van der Waals surface area contributed by atoms with Crippen LogP contribution in [0.15, 0.2) is 24.3 Å². The molecule has 0 saturated carbocycles. The Balaban J connectivity index is 2.54. The van der Waals surface area contributed by atoms with E-state index in [1.165, 1.54) is 0 Å². The smallest absolute Gasteiger partial charge is 0.228 e. The van der Waals surface area contributed by atoms with Gasteiger partial charge in [0.2, 0.25) is 11.8 Å². The van der Waals surface area contributed by atoms with Crippen LogP contribution in [0.25, 0.3) is 0 Å². The van der Waals surface area contributed by atoms with Gasteiger partial charge in [-0.1, -0.05) is 19.1 Å². The molecule has 20 heavy (non-hydrogen) atoms. The van der Waals surface area contributed by atoms with Crippen LogP contribution in [0.3, 0.4) is 0 Å². The minimum atomic E-state index is -0.0880. The molecule has 0 heterocycles. The normalized spacial score (nSPS) is 11.8. The van der Waals surface area contributed by atoms with Crippen LogP contribution in [0.5, 0.6) is 0 Å². The SMILES string of the molecule is CCNC(=O)Cc1ccc(NC(=O)C(C)CNC)cc1. The highest BCUT2D eigenvalue weighted by Crippen LogP contribution is 2.11. The monoisotopic (exact) mass is 277 g/mol. The zero-order valence-corrected chi connectivity index (χ0v) is 12.3. The van der Waals surface area contributed by atoms with Crippen molar-refractivity contribution in [3.05, 3.63) is 29.8 Å². The number of carbonyl (C=O) groups excluding carboxylic acids is 2. The summed E-state index contributed by atoms with van der Waals surface area (Å²) >= 11 is 0. The van der Waals surface area contributed by atoms with Gasteiger partial charge in [-0.25, -0.2) is 0 Å². The van der Waals surface area contributed by atoms with E-state index in [1.807, 2.05) is 45.2 Å². The summed E-state index contributed by atoms with van der Waals surface area (Å²) in [5.41, 5.74) is 1.68. The second-order valence-electron chi connectivity index (χ2n) is 4.78. The van der Waals surface area contributed by atoms with Gasteiger partial charge in [-0.3, -0.25) is 9.59 Å². The Morgan fingerprint density at radius 1 is 1.20 bits per heavy atom. The van der Waals surface area contributed by atoms with Gasteiger partial charge in [-0.05, 0) is 31.7 Å². The van der Waals surface area contributed by atoms with Crippen LogP contribution in [0.4, 0.5) is 5.69 Å². The molecule has 0 bridgehead atoms. The summed E-state index contributed by atoms with van der Waals surface area (Å²) < 4.78 is 0. The molecule has 1 unspecified atom stereocenters. The molecule has 1 aromatic carbocycles. The number of benzene rings is 1. The first kappa shape index (κ1) is 16.2. The van der Waals surface area contributed by atoms with Gasteiger partial charge in [0, 0.05) is 24.7 Å². The summed E-state index contributed by atoms with van der Waals surface area (Å²) in [6, 6.07) is 7.35. The van der Waals surface area contributed by atoms with Crippen molar-refractivity contribution < 1.29 is 9.59 Å². The molecular weight excluding hydrogens is 254 g/mol. The van der Waals surface area contributed by atoms with Crippen molar-refractivity contribution in [2.45, 2.75) is 20.3 Å². The van der Waals surface area contributed by atoms with Gasteiger partial charge in [-0.2, -0.15) is 0 Å². The number of rotatable bonds is 7. The number of hydrogen-bond acceptors (Lipinski definition) is 3. The van der Waals surface area contributed by atoms with Crippen molar-refractivity contribution in [1.29, 1.82) is 0 Å². The Bertz CT molecular complexity index is 443. The van der Waals surface area contributed by atoms with E-state index in [0.29, 0.717) is 19.5 Å². The van der Waals surface area contributed by atoms with Crippen molar-refractivity contribution in [3.8, 4) is 0 Å². The average Bonchev–Trinajstić information content (AvgIpc) is 2.41. The molecule has 1 atom stereocenters. The van der Waals surface area contributed by atoms with E-state index >= 15 is 0 Å². The molecule has 1 aromatic rings. The molecule has 0 fully saturated rings. The van der Waals surface area contributed by atoms with Crippen LogP contribution in [-0.4, -0.2) is 32.0 Å². The Kier molecular flexibility index (Phi) is 6.73. The first-order valence-corrected chi connectivity index (χ1v) is 6.88. The molecule has 1 rings (SSSR count). The molecule has 5 nitrogen and oxygen atoms in total. The second kappa shape index (κ2) is 8.32. The molecule has 0 aliphatic heterocycles. The van der Waals surface area contributed by atoms with Crippen molar-refractivity contribution in [2.24, 2.45) is 5.92 Å². The van der Waals surface area contributed by atoms with Crippen LogP contribution >= 0.6 is 0 Å². The number of anilines is 1. The number of amides is 2. The van der Waals surface area contributed by atoms with E-state index in [9.17, 15) is 9.59 Å². The third-order valence-electron chi connectivity index (χ3n) is 2.92. The fourth-order valence-corrected chi connectivity index (χ4v) is 1.82. The highest BCUT2D eigenvalue weighted by Gasteiger charge is 2.11. The molecule has 0 radical (unpaired) electrons. The predicted octanol–water partition coefficient (Wildman–Crippen LogP) is 1.16. The van der Waals surface area contributed by atoms with Gasteiger partial charge in [0.05, 0.1) is 6.42 Å². The molecule has 0 aromatic heterocycles. The first-order chi connectivity index (χ1) is 9.56. The summed E-state index contributed by atoms with van der Waals surface area (Å²) in [5, 5.41) is 8.58. The van der Waals surface area contributed by atoms with Crippen LogP contribution in [0.2, 0.25) is 0 Å². The maximum Gasteiger partial charge on any atom is 0.228 e. The van der Waals surface area contributed by atoms with Gasteiger partial charge < -0.3 is 16.0 Å². The Labute approximate surface area is 120 Å². The fraction of sp³-hybridized carbons (Fsp3) is 0.467. The standard InChI is InChI=1S/C15H23N3O2/c1-4-17-14(19)9-12-5-7-13(8-6-12)18-15(20)11(2)10-16-3/h5-8,11,16H,4,9-10H2,1-3H3,(H,17,19)(H,18,20). The van der Waals surface area contributed by atoms with Crippen LogP contribution in [0, 0.1) is 5.92 Å². The summed E-state index contributed by atoms with van der Waals surface area (Å²) in [7, 11) is 1.82. The summed E-state index contributed by atoms with van der Waals surface area (Å²) in [6.45, 7) is 5.04. The van der Waals surface area contributed by atoms with Crippen LogP contribution in [-0.2, 0) is 16.0 Å². The zero-order valence-electron chi connectivity index (χ0n) is 12.3. The van der Waals surface area contributed by atoms with E-state index in [2.05, 4.69) is 16.0 Å². The first-order valence-electron chi connectivity index (χ1n) is 6.88. The fourth-order valence-electron chi connectivity index (χ4n) is 1.82. The molecule has 5 heteroatoms. The molecule has 3 N–H and O–H groups in total. The largest absolute Gasteiger partial charge is 0.356 e. The van der Waals surface area contributed by atoms with Gasteiger partial charge in [0.1, 0.15) is 0 Å². The molecule has 0 aliphatic carbocycles. The molecule has 2 amide bonds. The van der Waals surface area contributed by atoms with Gasteiger partial charge in [-0.15, -0.1) is 0 Å². The molecular formula is C15H23N3O2. The second-order valence-corrected chi connectivity index (χ2v) is 4.78. The average molecular weight is 277 g/mol. The van der Waals surface area contributed by atoms with Gasteiger partial charge in [0.15, 0.2) is 0 Å². The van der Waals surface area contributed by atoms with Gasteiger partial charge >= 0.3 is 0 Å². The summed E-state index contributed by atoms with van der Waals surface area (Å²) in [6.07, 6.45) is 0.359. The topological polar surface area (TPSA) is 70.2 Å². The maximum atomic E-state index is 11.8. The quantitative estimate of drug-likeness (QED) is 0.700. The van der Waals surface area contributed by atoms with E-state index in [4.69, 9.17) is 0 Å². The van der Waals surface area contributed by atoms with Crippen LogP contribution in [0.1, 0.15) is 19.4 Å². The zero-order chi connectivity index (χ0) is 15.0. The Morgan fingerprint density at radius 3 is 2.40 bits per heavy atom. The Hall–Kier alpha value is -1.88. The molecule has 110 valence electrons. The highest BCUT2D eigenvalue weighted by molar-refractivity contribution is 5.92. The van der Waals surface area contributed by atoms with Crippen molar-refractivity contribution in [1.82, 2.24) is 10.6 Å². The third kappa shape index (κ3) is 5.40. The van der Waals surface area contributed by atoms with Crippen molar-refractivity contribution in [3.63, 3.8) is 0 Å². The lowest BCUT2D eigenvalue weighted by molar-refractivity contribution is -0.120. The van der Waals surface area contributed by atoms with E-state index in [1.54, 1.807) is 0 Å².